The Bertz CT molecular complexity index is 206. The summed E-state index contributed by atoms with van der Waals surface area (Å²) >= 11 is 0. The monoisotopic (exact) mass is 230 g/mol. The Balaban J connectivity index is 4.52. The summed E-state index contributed by atoms with van der Waals surface area (Å²) in [5, 5.41) is 0. The summed E-state index contributed by atoms with van der Waals surface area (Å²) in [7, 11) is 1.67. The molecule has 0 aliphatic carbocycles. The number of guanidine groups is 1. The Morgan fingerprint density at radius 3 is 2.44 bits per heavy atom. The molecule has 1 atom stereocenters. The molecule has 0 aromatic carbocycles. The Labute approximate surface area is 99.0 Å². The fraction of sp³-hybridized carbons (Fsp3) is 0.909. The predicted octanol–water partition coefficient (Wildman–Crippen LogP) is 0.819. The Morgan fingerprint density at radius 2 is 2.06 bits per heavy atom. The van der Waals surface area contributed by atoms with Crippen LogP contribution in [0.1, 0.15) is 27.7 Å². The van der Waals surface area contributed by atoms with Gasteiger partial charge in [-0.05, 0) is 19.8 Å². The van der Waals surface area contributed by atoms with Crippen LogP contribution in [-0.2, 0) is 4.74 Å². The molecule has 0 heterocycles. The van der Waals surface area contributed by atoms with E-state index in [4.69, 9.17) is 10.6 Å². The highest BCUT2D eigenvalue weighted by Crippen LogP contribution is 2.00. The Hall–Kier alpha value is -0.810. The van der Waals surface area contributed by atoms with Crippen molar-refractivity contribution in [3.05, 3.63) is 0 Å². The highest BCUT2D eigenvalue weighted by molar-refractivity contribution is 5.79. The van der Waals surface area contributed by atoms with Crippen LogP contribution in [0.4, 0.5) is 0 Å². The average Bonchev–Trinajstić information content (AvgIpc) is 2.23. The molecule has 5 heteroatoms. The van der Waals surface area contributed by atoms with Gasteiger partial charge in [0.2, 0.25) is 5.96 Å². The topological polar surface area (TPSA) is 62.9 Å². The lowest BCUT2D eigenvalue weighted by atomic mass is 10.2. The van der Waals surface area contributed by atoms with Crippen molar-refractivity contribution in [2.75, 3.05) is 26.8 Å². The second kappa shape index (κ2) is 8.35. The summed E-state index contributed by atoms with van der Waals surface area (Å²) in [5.74, 6) is 6.82. The first-order valence-electron chi connectivity index (χ1n) is 5.83. The highest BCUT2D eigenvalue weighted by atomic mass is 16.5. The van der Waals surface area contributed by atoms with Crippen molar-refractivity contribution < 1.29 is 4.74 Å². The zero-order valence-electron chi connectivity index (χ0n) is 11.2. The van der Waals surface area contributed by atoms with E-state index in [0.29, 0.717) is 12.5 Å². The molecule has 0 aromatic heterocycles. The van der Waals surface area contributed by atoms with Gasteiger partial charge in [0, 0.05) is 20.2 Å². The summed E-state index contributed by atoms with van der Waals surface area (Å²) < 4.78 is 5.05. The van der Waals surface area contributed by atoms with Gasteiger partial charge in [0.05, 0.1) is 12.6 Å². The van der Waals surface area contributed by atoms with E-state index in [1.165, 1.54) is 0 Å². The second-order valence-corrected chi connectivity index (χ2v) is 4.33. The van der Waals surface area contributed by atoms with Gasteiger partial charge in [-0.15, -0.1) is 0 Å². The minimum Gasteiger partial charge on any atom is -0.382 e. The van der Waals surface area contributed by atoms with Crippen molar-refractivity contribution in [1.82, 2.24) is 10.3 Å². The van der Waals surface area contributed by atoms with Crippen molar-refractivity contribution in [3.8, 4) is 0 Å². The lowest BCUT2D eigenvalue weighted by Crippen LogP contribution is -2.46. The Kier molecular flexibility index (Phi) is 7.93. The number of ether oxygens (including phenoxy) is 1. The van der Waals surface area contributed by atoms with Gasteiger partial charge >= 0.3 is 0 Å². The van der Waals surface area contributed by atoms with E-state index in [-0.39, 0.29) is 6.04 Å². The first-order chi connectivity index (χ1) is 7.54. The number of nitrogens with two attached hydrogens (primary N) is 1. The molecule has 1 unspecified atom stereocenters. The smallest absolute Gasteiger partial charge is 0.208 e. The van der Waals surface area contributed by atoms with E-state index < -0.39 is 0 Å². The number of hydrogen-bond acceptors (Lipinski definition) is 3. The van der Waals surface area contributed by atoms with Crippen LogP contribution in [0.5, 0.6) is 0 Å². The maximum absolute atomic E-state index is 5.51. The van der Waals surface area contributed by atoms with E-state index in [0.717, 1.165) is 19.0 Å². The number of nitrogens with zero attached hydrogens (tertiary/aromatic N) is 2. The van der Waals surface area contributed by atoms with Crippen LogP contribution in [0.3, 0.4) is 0 Å². The van der Waals surface area contributed by atoms with E-state index in [1.54, 1.807) is 7.11 Å². The number of rotatable bonds is 6. The van der Waals surface area contributed by atoms with Gasteiger partial charge in [0.1, 0.15) is 0 Å². The van der Waals surface area contributed by atoms with Crippen LogP contribution in [0.15, 0.2) is 4.99 Å². The SMILES string of the molecule is CCN(CC(C)C)C(=NC(C)COC)NN. The quantitative estimate of drug-likeness (QED) is 0.307. The van der Waals surface area contributed by atoms with E-state index in [9.17, 15) is 0 Å². The highest BCUT2D eigenvalue weighted by Gasteiger charge is 2.11. The first kappa shape index (κ1) is 15.2. The van der Waals surface area contributed by atoms with Crippen LogP contribution in [0, 0.1) is 5.92 Å². The number of hydrazine groups is 1. The molecule has 0 aliphatic heterocycles. The molecule has 0 saturated carbocycles. The van der Waals surface area contributed by atoms with Gasteiger partial charge in [-0.3, -0.25) is 5.43 Å². The third-order valence-corrected chi connectivity index (χ3v) is 2.15. The fourth-order valence-electron chi connectivity index (χ4n) is 1.50. The van der Waals surface area contributed by atoms with Crippen LogP contribution >= 0.6 is 0 Å². The van der Waals surface area contributed by atoms with Crippen molar-refractivity contribution in [2.45, 2.75) is 33.7 Å². The fourth-order valence-corrected chi connectivity index (χ4v) is 1.50. The largest absolute Gasteiger partial charge is 0.382 e. The van der Waals surface area contributed by atoms with Crippen molar-refractivity contribution in [3.63, 3.8) is 0 Å². The van der Waals surface area contributed by atoms with Gasteiger partial charge < -0.3 is 9.64 Å². The molecular formula is C11H26N4O. The molecule has 3 N–H and O–H groups in total. The zero-order valence-corrected chi connectivity index (χ0v) is 11.2. The lowest BCUT2D eigenvalue weighted by molar-refractivity contribution is 0.185. The molecule has 0 amide bonds. The summed E-state index contributed by atoms with van der Waals surface area (Å²) in [6.45, 7) is 10.9. The molecule has 96 valence electrons. The maximum atomic E-state index is 5.51. The summed E-state index contributed by atoms with van der Waals surface area (Å²) in [4.78, 5) is 6.63. The molecule has 0 saturated heterocycles. The molecule has 0 rings (SSSR count). The van der Waals surface area contributed by atoms with E-state index >= 15 is 0 Å². The van der Waals surface area contributed by atoms with Crippen LogP contribution in [0.25, 0.3) is 0 Å². The molecule has 0 radical (unpaired) electrons. The van der Waals surface area contributed by atoms with Crippen molar-refractivity contribution >= 4 is 5.96 Å². The van der Waals surface area contributed by atoms with Gasteiger partial charge in [0.15, 0.2) is 0 Å². The standard InChI is InChI=1S/C11H26N4O/c1-6-15(7-9(2)3)11(14-12)13-10(4)8-16-5/h9-10H,6-8,12H2,1-5H3,(H,13,14). The minimum atomic E-state index is 0.109. The molecule has 5 nitrogen and oxygen atoms in total. The van der Waals surface area contributed by atoms with Gasteiger partial charge in [-0.25, -0.2) is 10.8 Å². The Morgan fingerprint density at radius 1 is 1.44 bits per heavy atom. The van der Waals surface area contributed by atoms with Crippen molar-refractivity contribution in [1.29, 1.82) is 0 Å². The van der Waals surface area contributed by atoms with Gasteiger partial charge in [-0.2, -0.15) is 0 Å². The lowest BCUT2D eigenvalue weighted by Gasteiger charge is -2.26. The van der Waals surface area contributed by atoms with E-state index in [1.807, 2.05) is 6.92 Å². The summed E-state index contributed by atoms with van der Waals surface area (Å²) in [6.07, 6.45) is 0. The van der Waals surface area contributed by atoms with Crippen LogP contribution in [-0.4, -0.2) is 43.7 Å². The maximum Gasteiger partial charge on any atom is 0.208 e. The number of nitrogens with one attached hydrogen (secondary N) is 1. The molecule has 0 bridgehead atoms. The molecule has 0 fully saturated rings. The third-order valence-electron chi connectivity index (χ3n) is 2.15. The average molecular weight is 230 g/mol. The molecule has 0 aliphatic rings. The van der Waals surface area contributed by atoms with Crippen LogP contribution in [0.2, 0.25) is 0 Å². The second-order valence-electron chi connectivity index (χ2n) is 4.33. The first-order valence-corrected chi connectivity index (χ1v) is 5.83. The third kappa shape index (κ3) is 5.92. The number of methoxy groups -OCH3 is 1. The molecule has 0 spiro atoms. The van der Waals surface area contributed by atoms with Gasteiger partial charge in [-0.1, -0.05) is 13.8 Å². The molecular weight excluding hydrogens is 204 g/mol. The number of hydrogen-bond donors (Lipinski definition) is 2. The van der Waals surface area contributed by atoms with Gasteiger partial charge in [0.25, 0.3) is 0 Å². The van der Waals surface area contributed by atoms with Crippen molar-refractivity contribution in [2.24, 2.45) is 16.8 Å². The normalized spacial score (nSPS) is 14.1. The number of aliphatic imine (C=N–C) groups is 1. The van der Waals surface area contributed by atoms with E-state index in [2.05, 4.69) is 36.1 Å². The molecule has 16 heavy (non-hydrogen) atoms. The summed E-state index contributed by atoms with van der Waals surface area (Å²) in [6, 6.07) is 0.109. The zero-order chi connectivity index (χ0) is 12.6. The summed E-state index contributed by atoms with van der Waals surface area (Å²) in [5.41, 5.74) is 2.67. The minimum absolute atomic E-state index is 0.109. The molecule has 0 aromatic rings. The predicted molar refractivity (Wildman–Crippen MR) is 68.2 cm³/mol. The van der Waals surface area contributed by atoms with Crippen LogP contribution < -0.4 is 11.3 Å².